The third kappa shape index (κ3) is 4.97. The average Bonchev–Trinajstić information content (AvgIpc) is 3.28. The van der Waals surface area contributed by atoms with Crippen molar-refractivity contribution in [3.8, 4) is 0 Å². The zero-order valence-corrected chi connectivity index (χ0v) is 16.9. The molecule has 1 aliphatic heterocycles. The highest BCUT2D eigenvalue weighted by molar-refractivity contribution is 6.08. The molecule has 1 fully saturated rings. The van der Waals surface area contributed by atoms with Gasteiger partial charge in [-0.3, -0.25) is 19.7 Å². The number of primary amides is 1. The molecule has 3 rings (SSSR count). The number of ether oxygens (including phenoxy) is 1. The Morgan fingerprint density at radius 1 is 1.10 bits per heavy atom. The first-order valence-corrected chi connectivity index (χ1v) is 9.77. The highest BCUT2D eigenvalue weighted by atomic mass is 16.6. The predicted octanol–water partition coefficient (Wildman–Crippen LogP) is 2.72. The number of nitro groups is 1. The van der Waals surface area contributed by atoms with Crippen LogP contribution in [0, 0.1) is 10.1 Å². The molecule has 0 aliphatic carbocycles. The number of carbonyl (C=O) groups is 3. The number of nitrogens with one attached hydrogen (secondary N) is 1. The summed E-state index contributed by atoms with van der Waals surface area (Å²) >= 11 is 0. The molecule has 10 nitrogen and oxygen atoms in total. The first-order valence-electron chi connectivity index (χ1n) is 9.77. The number of hydrogen-bond acceptors (Lipinski definition) is 7. The molecule has 2 amide bonds. The maximum Gasteiger partial charge on any atom is 0.338 e. The van der Waals surface area contributed by atoms with Gasteiger partial charge in [-0.1, -0.05) is 0 Å². The molecule has 0 radical (unpaired) electrons. The number of nitrogens with two attached hydrogens (primary N) is 1. The van der Waals surface area contributed by atoms with Gasteiger partial charge in [-0.15, -0.1) is 0 Å². The molecular formula is C21H22N4O6. The van der Waals surface area contributed by atoms with Gasteiger partial charge in [-0.05, 0) is 44.0 Å². The Morgan fingerprint density at radius 2 is 1.77 bits per heavy atom. The van der Waals surface area contributed by atoms with Crippen LogP contribution in [0.1, 0.15) is 50.8 Å². The Balaban J connectivity index is 1.98. The van der Waals surface area contributed by atoms with Crippen molar-refractivity contribution in [1.82, 2.24) is 0 Å². The average molecular weight is 426 g/mol. The molecule has 31 heavy (non-hydrogen) atoms. The minimum atomic E-state index is -0.770. The molecule has 0 atom stereocenters. The van der Waals surface area contributed by atoms with Gasteiger partial charge in [0.05, 0.1) is 28.5 Å². The normalized spacial score (nSPS) is 13.0. The first kappa shape index (κ1) is 21.8. The predicted molar refractivity (Wildman–Crippen MR) is 113 cm³/mol. The molecule has 0 aromatic heterocycles. The number of anilines is 2. The van der Waals surface area contributed by atoms with Crippen LogP contribution in [0.3, 0.4) is 0 Å². The van der Waals surface area contributed by atoms with Crippen LogP contribution in [0.2, 0.25) is 0 Å². The number of esters is 1. The second-order valence-corrected chi connectivity index (χ2v) is 6.99. The lowest BCUT2D eigenvalue weighted by Crippen LogP contribution is -2.22. The van der Waals surface area contributed by atoms with Crippen LogP contribution in [-0.4, -0.2) is 42.4 Å². The number of nitrogens with zero attached hydrogens (tertiary/aromatic N) is 2. The lowest BCUT2D eigenvalue weighted by Gasteiger charge is -2.22. The van der Waals surface area contributed by atoms with Crippen molar-refractivity contribution >= 4 is 34.8 Å². The largest absolute Gasteiger partial charge is 0.462 e. The molecule has 2 aromatic rings. The lowest BCUT2D eigenvalue weighted by molar-refractivity contribution is -0.384. The summed E-state index contributed by atoms with van der Waals surface area (Å²) in [7, 11) is 0. The Bertz CT molecular complexity index is 1050. The van der Waals surface area contributed by atoms with Crippen molar-refractivity contribution in [3.63, 3.8) is 0 Å². The fourth-order valence-corrected chi connectivity index (χ4v) is 3.40. The monoisotopic (exact) mass is 426 g/mol. The summed E-state index contributed by atoms with van der Waals surface area (Å²) in [5.74, 6) is -2.09. The molecule has 1 aliphatic rings. The highest BCUT2D eigenvalue weighted by Crippen LogP contribution is 2.31. The lowest BCUT2D eigenvalue weighted by atomic mass is 10.1. The Morgan fingerprint density at radius 3 is 2.39 bits per heavy atom. The van der Waals surface area contributed by atoms with Crippen molar-refractivity contribution < 1.29 is 24.0 Å². The van der Waals surface area contributed by atoms with E-state index < -0.39 is 28.4 Å². The van der Waals surface area contributed by atoms with E-state index >= 15 is 0 Å². The molecule has 0 bridgehead atoms. The van der Waals surface area contributed by atoms with E-state index in [0.29, 0.717) is 11.4 Å². The van der Waals surface area contributed by atoms with Crippen LogP contribution < -0.4 is 16.0 Å². The van der Waals surface area contributed by atoms with Gasteiger partial charge < -0.3 is 20.7 Å². The molecule has 162 valence electrons. The van der Waals surface area contributed by atoms with E-state index in [0.717, 1.165) is 38.1 Å². The Hall–Kier alpha value is -3.95. The SMILES string of the molecule is CCOC(=O)c1cc(C(=O)Nc2cc(C(N)=O)ccc2N2CCCC2)cc([N+](=O)[O-])c1. The number of amides is 2. The quantitative estimate of drug-likeness (QED) is 0.393. The van der Waals surface area contributed by atoms with E-state index in [1.54, 1.807) is 19.1 Å². The van der Waals surface area contributed by atoms with Crippen LogP contribution in [0.25, 0.3) is 0 Å². The Labute approximate surface area is 178 Å². The number of nitro benzene ring substituents is 1. The molecular weight excluding hydrogens is 404 g/mol. The summed E-state index contributed by atoms with van der Waals surface area (Å²) in [5, 5.41) is 14.0. The third-order valence-electron chi connectivity index (χ3n) is 4.88. The van der Waals surface area contributed by atoms with Gasteiger partial charge in [-0.2, -0.15) is 0 Å². The van der Waals surface area contributed by atoms with E-state index in [4.69, 9.17) is 10.5 Å². The fourth-order valence-electron chi connectivity index (χ4n) is 3.40. The van der Waals surface area contributed by atoms with Crippen molar-refractivity contribution in [2.45, 2.75) is 19.8 Å². The number of benzene rings is 2. The van der Waals surface area contributed by atoms with Crippen molar-refractivity contribution in [3.05, 3.63) is 63.2 Å². The van der Waals surface area contributed by atoms with E-state index in [9.17, 15) is 24.5 Å². The van der Waals surface area contributed by atoms with E-state index in [1.807, 2.05) is 0 Å². The molecule has 10 heteroatoms. The maximum atomic E-state index is 12.9. The molecule has 2 aromatic carbocycles. The first-order chi connectivity index (χ1) is 14.8. The van der Waals surface area contributed by atoms with Gasteiger partial charge in [-0.25, -0.2) is 4.79 Å². The van der Waals surface area contributed by atoms with Crippen LogP contribution in [0.15, 0.2) is 36.4 Å². The summed E-state index contributed by atoms with van der Waals surface area (Å²) < 4.78 is 4.89. The number of hydrogen-bond donors (Lipinski definition) is 2. The van der Waals surface area contributed by atoms with Crippen LogP contribution in [0.5, 0.6) is 0 Å². The van der Waals surface area contributed by atoms with E-state index in [1.165, 1.54) is 12.1 Å². The molecule has 0 saturated carbocycles. The molecule has 0 spiro atoms. The standard InChI is InChI=1S/C21H22N4O6/c1-2-31-21(28)15-9-14(10-16(11-15)25(29)30)20(27)23-17-12-13(19(22)26)5-6-18(17)24-7-3-4-8-24/h5-6,9-12H,2-4,7-8H2,1H3,(H2,22,26)(H,23,27). The van der Waals surface area contributed by atoms with Crippen molar-refractivity contribution in [2.75, 3.05) is 29.9 Å². The highest BCUT2D eigenvalue weighted by Gasteiger charge is 2.22. The van der Waals surface area contributed by atoms with Crippen molar-refractivity contribution in [2.24, 2.45) is 5.73 Å². The summed E-state index contributed by atoms with van der Waals surface area (Å²) in [5.41, 5.74) is 6.04. The summed E-state index contributed by atoms with van der Waals surface area (Å²) in [6.07, 6.45) is 2.00. The minimum Gasteiger partial charge on any atom is -0.462 e. The molecule has 1 saturated heterocycles. The van der Waals surface area contributed by atoms with Crippen LogP contribution in [-0.2, 0) is 4.74 Å². The summed E-state index contributed by atoms with van der Waals surface area (Å²) in [4.78, 5) is 49.3. The van der Waals surface area contributed by atoms with Gasteiger partial charge in [0.15, 0.2) is 0 Å². The zero-order chi connectivity index (χ0) is 22.5. The zero-order valence-electron chi connectivity index (χ0n) is 16.9. The maximum absolute atomic E-state index is 12.9. The Kier molecular flexibility index (Phi) is 6.49. The van der Waals surface area contributed by atoms with Gasteiger partial charge in [0.25, 0.3) is 11.6 Å². The fraction of sp³-hybridized carbons (Fsp3) is 0.286. The molecule has 3 N–H and O–H groups in total. The number of carbonyl (C=O) groups excluding carboxylic acids is 3. The number of non-ortho nitro benzene ring substituents is 1. The van der Waals surface area contributed by atoms with E-state index in [2.05, 4.69) is 10.2 Å². The van der Waals surface area contributed by atoms with Crippen LogP contribution >= 0.6 is 0 Å². The third-order valence-corrected chi connectivity index (χ3v) is 4.88. The van der Waals surface area contributed by atoms with Gasteiger partial charge in [0, 0.05) is 36.3 Å². The van der Waals surface area contributed by atoms with E-state index in [-0.39, 0.29) is 23.3 Å². The van der Waals surface area contributed by atoms with Gasteiger partial charge in [0.1, 0.15) is 0 Å². The summed E-state index contributed by atoms with van der Waals surface area (Å²) in [6, 6.07) is 8.12. The molecule has 1 heterocycles. The second-order valence-electron chi connectivity index (χ2n) is 6.99. The molecule has 0 unspecified atom stereocenters. The van der Waals surface area contributed by atoms with Crippen molar-refractivity contribution in [1.29, 1.82) is 0 Å². The summed E-state index contributed by atoms with van der Waals surface area (Å²) in [6.45, 7) is 3.28. The minimum absolute atomic E-state index is 0.0855. The van der Waals surface area contributed by atoms with Gasteiger partial charge >= 0.3 is 5.97 Å². The smallest absolute Gasteiger partial charge is 0.338 e. The number of rotatable bonds is 7. The topological polar surface area (TPSA) is 145 Å². The van der Waals surface area contributed by atoms with Gasteiger partial charge in [0.2, 0.25) is 5.91 Å². The second kappa shape index (κ2) is 9.24. The van der Waals surface area contributed by atoms with Crippen LogP contribution in [0.4, 0.5) is 17.1 Å².